The molecule has 2 aliphatic rings. The number of carbonyl (C=O) groups is 4. The predicted molar refractivity (Wildman–Crippen MR) is 160 cm³/mol. The van der Waals surface area contributed by atoms with Crippen LogP contribution in [0, 0.1) is 5.92 Å². The van der Waals surface area contributed by atoms with Crippen molar-refractivity contribution in [2.75, 3.05) is 6.54 Å². The molecule has 1 aliphatic carbocycles. The van der Waals surface area contributed by atoms with Gasteiger partial charge < -0.3 is 25.5 Å². The summed E-state index contributed by atoms with van der Waals surface area (Å²) in [4.78, 5) is 50.0. The predicted octanol–water partition coefficient (Wildman–Crippen LogP) is 4.64. The van der Waals surface area contributed by atoms with Gasteiger partial charge in [0.25, 0.3) is 5.91 Å². The van der Waals surface area contributed by atoms with Crippen LogP contribution in [0.4, 0.5) is 0 Å². The van der Waals surface area contributed by atoms with Crippen LogP contribution in [-0.4, -0.2) is 57.0 Å². The van der Waals surface area contributed by atoms with E-state index < -0.39 is 29.4 Å². The lowest BCUT2D eigenvalue weighted by molar-refractivity contribution is -0.165. The fourth-order valence-electron chi connectivity index (χ4n) is 5.47. The van der Waals surface area contributed by atoms with Crippen LogP contribution in [0.2, 0.25) is 5.15 Å². The van der Waals surface area contributed by atoms with E-state index in [4.69, 9.17) is 22.1 Å². The largest absolute Gasteiger partial charge is 0.481 e. The van der Waals surface area contributed by atoms with Crippen molar-refractivity contribution in [3.63, 3.8) is 0 Å². The van der Waals surface area contributed by atoms with Crippen LogP contribution in [0.3, 0.4) is 0 Å². The highest BCUT2D eigenvalue weighted by atomic mass is 35.5. The number of benzene rings is 1. The maximum Gasteiger partial charge on any atom is 0.324 e. The van der Waals surface area contributed by atoms with Gasteiger partial charge in [-0.05, 0) is 69.5 Å². The van der Waals surface area contributed by atoms with Gasteiger partial charge in [0.1, 0.15) is 17.6 Å². The molecule has 2 heterocycles. The number of primary amides is 1. The van der Waals surface area contributed by atoms with Gasteiger partial charge in [0, 0.05) is 13.0 Å². The van der Waals surface area contributed by atoms with Crippen LogP contribution in [0.1, 0.15) is 105 Å². The number of aryl methyl sites for hydroxylation is 1. The maximum atomic E-state index is 11.8. The van der Waals surface area contributed by atoms with Crippen molar-refractivity contribution in [3.8, 4) is 0 Å². The minimum atomic E-state index is -1.22. The highest BCUT2D eigenvalue weighted by Gasteiger charge is 2.34. The van der Waals surface area contributed by atoms with E-state index in [-0.39, 0.29) is 17.1 Å². The van der Waals surface area contributed by atoms with Crippen molar-refractivity contribution < 1.29 is 29.0 Å². The van der Waals surface area contributed by atoms with Gasteiger partial charge in [-0.2, -0.15) is 0 Å². The second-order valence-corrected chi connectivity index (χ2v) is 11.9. The minimum Gasteiger partial charge on any atom is -0.481 e. The maximum absolute atomic E-state index is 11.8. The monoisotopic (exact) mass is 602 g/mol. The number of nitrogens with one attached hydrogen (secondary N) is 1. The number of carbonyl (C=O) groups excluding carboxylic acids is 3. The quantitative estimate of drug-likeness (QED) is 0.234. The molecule has 1 aliphatic heterocycles. The molecule has 0 bridgehead atoms. The van der Waals surface area contributed by atoms with E-state index in [2.05, 4.69) is 17.2 Å². The van der Waals surface area contributed by atoms with E-state index in [0.717, 1.165) is 87.6 Å². The van der Waals surface area contributed by atoms with Crippen LogP contribution >= 0.6 is 11.6 Å². The summed E-state index contributed by atoms with van der Waals surface area (Å²) < 4.78 is 6.87. The molecule has 0 radical (unpaired) electrons. The molecule has 11 heteroatoms. The smallest absolute Gasteiger partial charge is 0.324 e. The SMILES string of the molecule is CC(C)(OC(=O)[C@@H]1CCCN1)C(N)=O.CCCCc1nc(Cl)c(C=O)n1Cc1ccc(C(C(=O)O)C2CCCC2)cc1. The van der Waals surface area contributed by atoms with Gasteiger partial charge >= 0.3 is 11.9 Å². The lowest BCUT2D eigenvalue weighted by atomic mass is 9.84. The number of unbranched alkanes of at least 4 members (excludes halogenated alkanes) is 1. The highest BCUT2D eigenvalue weighted by molar-refractivity contribution is 6.31. The van der Waals surface area contributed by atoms with E-state index in [1.54, 1.807) is 0 Å². The summed E-state index contributed by atoms with van der Waals surface area (Å²) >= 11 is 6.14. The van der Waals surface area contributed by atoms with Crippen LogP contribution in [0.5, 0.6) is 0 Å². The summed E-state index contributed by atoms with van der Waals surface area (Å²) in [6.07, 6.45) is 9.44. The van der Waals surface area contributed by atoms with Gasteiger partial charge in [-0.1, -0.05) is 62.1 Å². The summed E-state index contributed by atoms with van der Waals surface area (Å²) in [7, 11) is 0. The third kappa shape index (κ3) is 8.64. The molecular weight excluding hydrogens is 560 g/mol. The Labute approximate surface area is 252 Å². The first-order valence-corrected chi connectivity index (χ1v) is 15.1. The molecule has 1 amide bonds. The number of ether oxygens (including phenoxy) is 1. The zero-order valence-corrected chi connectivity index (χ0v) is 25.5. The number of aromatic nitrogens is 2. The van der Waals surface area contributed by atoms with Gasteiger partial charge in [0.2, 0.25) is 0 Å². The third-order valence-electron chi connectivity index (χ3n) is 8.02. The molecule has 42 heavy (non-hydrogen) atoms. The van der Waals surface area contributed by atoms with Crippen molar-refractivity contribution in [3.05, 3.63) is 52.1 Å². The number of aliphatic carboxylic acids is 1. The number of imidazole rings is 1. The van der Waals surface area contributed by atoms with Gasteiger partial charge in [-0.15, -0.1) is 0 Å². The summed E-state index contributed by atoms with van der Waals surface area (Å²) in [5.74, 6) is -1.18. The number of carboxylic acid groups (broad SMARTS) is 1. The van der Waals surface area contributed by atoms with E-state index in [0.29, 0.717) is 12.2 Å². The molecule has 4 rings (SSSR count). The lowest BCUT2D eigenvalue weighted by Crippen LogP contribution is -2.46. The average molecular weight is 603 g/mol. The molecule has 1 saturated heterocycles. The second kappa shape index (κ2) is 15.3. The highest BCUT2D eigenvalue weighted by Crippen LogP contribution is 2.37. The normalized spacial score (nSPS) is 17.8. The molecule has 2 atom stereocenters. The summed E-state index contributed by atoms with van der Waals surface area (Å²) in [5.41, 5.74) is 6.10. The molecule has 1 aromatic carbocycles. The van der Waals surface area contributed by atoms with Crippen LogP contribution in [-0.2, 0) is 32.1 Å². The fraction of sp³-hybridized carbons (Fsp3) is 0.581. The first-order chi connectivity index (χ1) is 20.0. The van der Waals surface area contributed by atoms with Gasteiger partial charge in [0.05, 0.1) is 5.92 Å². The molecule has 1 saturated carbocycles. The number of halogens is 1. The van der Waals surface area contributed by atoms with Gasteiger partial charge in [-0.3, -0.25) is 19.2 Å². The number of nitrogens with two attached hydrogens (primary N) is 1. The molecule has 4 N–H and O–H groups in total. The standard InChI is InChI=1S/C22H27ClN2O3.C9H16N2O3/c1-2-3-8-19-24-21(23)18(14-26)25(19)13-15-9-11-17(12-10-15)20(22(27)28)16-6-4-5-7-16;1-9(2,8(10)13)14-7(12)6-4-3-5-11-6/h9-12,14,16,20H,2-8,13H2,1H3,(H,27,28);6,11H,3-5H2,1-2H3,(H2,10,13)/t;6-/m.0/s1. The van der Waals surface area contributed by atoms with Crippen LogP contribution < -0.4 is 11.1 Å². The number of hydrogen-bond acceptors (Lipinski definition) is 7. The van der Waals surface area contributed by atoms with Crippen molar-refractivity contribution in [1.29, 1.82) is 0 Å². The van der Waals surface area contributed by atoms with Crippen molar-refractivity contribution >= 4 is 35.7 Å². The molecule has 2 fully saturated rings. The van der Waals surface area contributed by atoms with E-state index in [9.17, 15) is 24.3 Å². The Kier molecular flexibility index (Phi) is 12.1. The van der Waals surface area contributed by atoms with Crippen molar-refractivity contribution in [2.24, 2.45) is 11.7 Å². The Morgan fingerprint density at radius 2 is 1.86 bits per heavy atom. The van der Waals surface area contributed by atoms with Gasteiger partial charge in [-0.25, -0.2) is 4.98 Å². The summed E-state index contributed by atoms with van der Waals surface area (Å²) in [6.45, 7) is 6.40. The Bertz CT molecular complexity index is 1230. The molecule has 2 aromatic rings. The Morgan fingerprint density at radius 3 is 2.38 bits per heavy atom. The van der Waals surface area contributed by atoms with E-state index in [1.807, 2.05) is 28.8 Å². The minimum absolute atomic E-state index is 0.220. The number of amides is 1. The average Bonchev–Trinajstić information content (AvgIpc) is 3.71. The number of esters is 1. The van der Waals surface area contributed by atoms with Crippen LogP contribution in [0.25, 0.3) is 0 Å². The molecule has 230 valence electrons. The summed E-state index contributed by atoms with van der Waals surface area (Å²) in [5, 5.41) is 12.9. The number of rotatable bonds is 12. The van der Waals surface area contributed by atoms with E-state index >= 15 is 0 Å². The Morgan fingerprint density at radius 1 is 1.19 bits per heavy atom. The Balaban J connectivity index is 0.000000291. The lowest BCUT2D eigenvalue weighted by Gasteiger charge is -2.23. The molecular formula is C31H43ClN4O6. The zero-order chi connectivity index (χ0) is 30.9. The fourth-order valence-corrected chi connectivity index (χ4v) is 5.72. The zero-order valence-electron chi connectivity index (χ0n) is 24.7. The Hall–Kier alpha value is -3.24. The molecule has 0 spiro atoms. The number of hydrogen-bond donors (Lipinski definition) is 3. The van der Waals surface area contributed by atoms with Gasteiger partial charge in [0.15, 0.2) is 17.0 Å². The van der Waals surface area contributed by atoms with Crippen molar-refractivity contribution in [2.45, 2.75) is 103 Å². The number of nitrogens with zero attached hydrogens (tertiary/aromatic N) is 2. The third-order valence-corrected chi connectivity index (χ3v) is 8.30. The molecule has 10 nitrogen and oxygen atoms in total. The van der Waals surface area contributed by atoms with Crippen molar-refractivity contribution in [1.82, 2.24) is 14.9 Å². The second-order valence-electron chi connectivity index (χ2n) is 11.6. The summed E-state index contributed by atoms with van der Waals surface area (Å²) in [6, 6.07) is 7.45. The van der Waals surface area contributed by atoms with Crippen LogP contribution in [0.15, 0.2) is 24.3 Å². The molecule has 1 unspecified atom stereocenters. The first kappa shape index (κ1) is 33.3. The first-order valence-electron chi connectivity index (χ1n) is 14.8. The number of aldehydes is 1. The number of carboxylic acids is 1. The van der Waals surface area contributed by atoms with E-state index in [1.165, 1.54) is 13.8 Å². The topological polar surface area (TPSA) is 154 Å². The molecule has 1 aromatic heterocycles.